The fourth-order valence-corrected chi connectivity index (χ4v) is 3.07. The van der Waals surface area contributed by atoms with Crippen LogP contribution in [0.1, 0.15) is 11.1 Å². The van der Waals surface area contributed by atoms with Crippen LogP contribution in [0.4, 0.5) is 18.9 Å². The van der Waals surface area contributed by atoms with Gasteiger partial charge in [-0.15, -0.1) is 0 Å². The molecule has 0 amide bonds. The molecule has 25 heavy (non-hydrogen) atoms. The highest BCUT2D eigenvalue weighted by atomic mass is 19.4. The molecule has 0 radical (unpaired) electrons. The summed E-state index contributed by atoms with van der Waals surface area (Å²) in [6.45, 7) is 3.87. The third-order valence-corrected chi connectivity index (χ3v) is 4.45. The lowest BCUT2D eigenvalue weighted by atomic mass is 10.1. The van der Waals surface area contributed by atoms with E-state index in [1.54, 1.807) is 13.2 Å². The number of hydrogen-bond donors (Lipinski definition) is 0. The zero-order chi connectivity index (χ0) is 17.9. The van der Waals surface area contributed by atoms with E-state index in [4.69, 9.17) is 4.74 Å². The third kappa shape index (κ3) is 4.45. The Balaban J connectivity index is 1.60. The van der Waals surface area contributed by atoms with Gasteiger partial charge in [0.15, 0.2) is 0 Å². The minimum Gasteiger partial charge on any atom is -0.497 e. The van der Waals surface area contributed by atoms with Crippen molar-refractivity contribution in [1.82, 2.24) is 4.90 Å². The summed E-state index contributed by atoms with van der Waals surface area (Å²) in [5.74, 6) is 0.833. The van der Waals surface area contributed by atoms with Crippen molar-refractivity contribution in [3.63, 3.8) is 0 Å². The molecule has 6 heteroatoms. The van der Waals surface area contributed by atoms with Crippen LogP contribution in [-0.2, 0) is 12.7 Å². The lowest BCUT2D eigenvalue weighted by molar-refractivity contribution is -0.137. The molecule has 1 fully saturated rings. The number of ether oxygens (including phenoxy) is 1. The lowest BCUT2D eigenvalue weighted by Gasteiger charge is -2.36. The highest BCUT2D eigenvalue weighted by Crippen LogP contribution is 2.32. The van der Waals surface area contributed by atoms with Crippen molar-refractivity contribution in [2.24, 2.45) is 0 Å². The van der Waals surface area contributed by atoms with Crippen molar-refractivity contribution in [2.75, 3.05) is 38.2 Å². The summed E-state index contributed by atoms with van der Waals surface area (Å²) in [7, 11) is 1.65. The molecule has 3 nitrogen and oxygen atoms in total. The van der Waals surface area contributed by atoms with Gasteiger partial charge >= 0.3 is 6.18 Å². The molecular formula is C19H21F3N2O. The maximum absolute atomic E-state index is 12.9. The maximum atomic E-state index is 12.9. The summed E-state index contributed by atoms with van der Waals surface area (Å²) in [6.07, 6.45) is -4.30. The predicted octanol–water partition coefficient (Wildman–Crippen LogP) is 4.04. The van der Waals surface area contributed by atoms with Gasteiger partial charge in [-0.25, -0.2) is 0 Å². The van der Waals surface area contributed by atoms with Gasteiger partial charge in [0.05, 0.1) is 12.7 Å². The van der Waals surface area contributed by atoms with Gasteiger partial charge in [-0.05, 0) is 35.9 Å². The second-order valence-corrected chi connectivity index (χ2v) is 6.16. The molecule has 134 valence electrons. The van der Waals surface area contributed by atoms with Gasteiger partial charge in [-0.2, -0.15) is 13.2 Å². The van der Waals surface area contributed by atoms with E-state index in [1.165, 1.54) is 17.7 Å². The van der Waals surface area contributed by atoms with Crippen molar-refractivity contribution in [3.8, 4) is 5.75 Å². The van der Waals surface area contributed by atoms with E-state index in [0.717, 1.165) is 31.5 Å². The quantitative estimate of drug-likeness (QED) is 0.828. The van der Waals surface area contributed by atoms with Crippen LogP contribution in [0.25, 0.3) is 0 Å². The van der Waals surface area contributed by atoms with Crippen LogP contribution in [0, 0.1) is 0 Å². The lowest BCUT2D eigenvalue weighted by Crippen LogP contribution is -2.46. The van der Waals surface area contributed by atoms with E-state index in [-0.39, 0.29) is 0 Å². The van der Waals surface area contributed by atoms with E-state index < -0.39 is 11.7 Å². The molecule has 0 unspecified atom stereocenters. The Morgan fingerprint density at radius 1 is 0.960 bits per heavy atom. The zero-order valence-corrected chi connectivity index (χ0v) is 14.1. The summed E-state index contributed by atoms with van der Waals surface area (Å²) < 4.78 is 43.8. The SMILES string of the molecule is COc1cccc(CN2CCN(c3cccc(C(F)(F)F)c3)CC2)c1. The molecule has 0 atom stereocenters. The van der Waals surface area contributed by atoms with Crippen LogP contribution in [0.3, 0.4) is 0 Å². The normalized spacial score (nSPS) is 16.1. The van der Waals surface area contributed by atoms with Crippen molar-refractivity contribution < 1.29 is 17.9 Å². The van der Waals surface area contributed by atoms with Crippen molar-refractivity contribution in [2.45, 2.75) is 12.7 Å². The van der Waals surface area contributed by atoms with Gasteiger partial charge in [0.2, 0.25) is 0 Å². The predicted molar refractivity (Wildman–Crippen MR) is 91.9 cm³/mol. The molecule has 1 aliphatic rings. The summed E-state index contributed by atoms with van der Waals surface area (Å²) in [5, 5.41) is 0. The minimum absolute atomic E-state index is 0.594. The third-order valence-electron chi connectivity index (χ3n) is 4.45. The first-order valence-electron chi connectivity index (χ1n) is 8.23. The fourth-order valence-electron chi connectivity index (χ4n) is 3.07. The second-order valence-electron chi connectivity index (χ2n) is 6.16. The molecular weight excluding hydrogens is 329 g/mol. The van der Waals surface area contributed by atoms with Crippen LogP contribution in [0.5, 0.6) is 5.75 Å². The molecule has 2 aromatic rings. The summed E-state index contributed by atoms with van der Waals surface area (Å²) in [6, 6.07) is 13.5. The number of alkyl halides is 3. The number of rotatable bonds is 4. The number of benzene rings is 2. The molecule has 0 bridgehead atoms. The first-order chi connectivity index (χ1) is 12.0. The number of halogens is 3. The average Bonchev–Trinajstić information content (AvgIpc) is 2.62. The second kappa shape index (κ2) is 7.35. The van der Waals surface area contributed by atoms with Crippen LogP contribution in [0.15, 0.2) is 48.5 Å². The largest absolute Gasteiger partial charge is 0.497 e. The van der Waals surface area contributed by atoms with Crippen molar-refractivity contribution >= 4 is 5.69 Å². The van der Waals surface area contributed by atoms with Crippen molar-refractivity contribution in [3.05, 3.63) is 59.7 Å². The summed E-state index contributed by atoms with van der Waals surface area (Å²) in [4.78, 5) is 4.32. The van der Waals surface area contributed by atoms with Crippen LogP contribution in [-0.4, -0.2) is 38.2 Å². The van der Waals surface area contributed by atoms with E-state index in [2.05, 4.69) is 11.0 Å². The number of piperazine rings is 1. The van der Waals surface area contributed by atoms with Gasteiger partial charge < -0.3 is 9.64 Å². The highest BCUT2D eigenvalue weighted by Gasteiger charge is 2.31. The van der Waals surface area contributed by atoms with Gasteiger partial charge in [-0.1, -0.05) is 18.2 Å². The van der Waals surface area contributed by atoms with E-state index >= 15 is 0 Å². The number of anilines is 1. The molecule has 0 N–H and O–H groups in total. The standard InChI is InChI=1S/C19H21F3N2O/c1-25-18-7-2-4-15(12-18)14-23-8-10-24(11-9-23)17-6-3-5-16(13-17)19(20,21)22/h2-7,12-13H,8-11,14H2,1H3. The monoisotopic (exact) mass is 350 g/mol. The smallest absolute Gasteiger partial charge is 0.416 e. The maximum Gasteiger partial charge on any atom is 0.416 e. The average molecular weight is 350 g/mol. The molecule has 0 aromatic heterocycles. The van der Waals surface area contributed by atoms with Crippen LogP contribution in [0.2, 0.25) is 0 Å². The highest BCUT2D eigenvalue weighted by molar-refractivity contribution is 5.49. The summed E-state index contributed by atoms with van der Waals surface area (Å²) >= 11 is 0. The molecule has 0 spiro atoms. The Kier molecular flexibility index (Phi) is 5.18. The van der Waals surface area contributed by atoms with Gasteiger partial charge in [-0.3, -0.25) is 4.90 Å². The Morgan fingerprint density at radius 2 is 1.68 bits per heavy atom. The summed E-state index contributed by atoms with van der Waals surface area (Å²) in [5.41, 5.74) is 1.21. The molecule has 1 aliphatic heterocycles. The zero-order valence-electron chi connectivity index (χ0n) is 14.1. The van der Waals surface area contributed by atoms with Crippen LogP contribution >= 0.6 is 0 Å². The molecule has 2 aromatic carbocycles. The topological polar surface area (TPSA) is 15.7 Å². The van der Waals surface area contributed by atoms with Crippen molar-refractivity contribution in [1.29, 1.82) is 0 Å². The van der Waals surface area contributed by atoms with Gasteiger partial charge in [0, 0.05) is 38.4 Å². The number of methoxy groups -OCH3 is 1. The molecule has 1 saturated heterocycles. The molecule has 3 rings (SSSR count). The van der Waals surface area contributed by atoms with E-state index in [9.17, 15) is 13.2 Å². The van der Waals surface area contributed by atoms with Crippen LogP contribution < -0.4 is 9.64 Å². The van der Waals surface area contributed by atoms with E-state index in [1.807, 2.05) is 23.1 Å². The fraction of sp³-hybridized carbons (Fsp3) is 0.368. The first-order valence-corrected chi connectivity index (χ1v) is 8.23. The number of nitrogens with zero attached hydrogens (tertiary/aromatic N) is 2. The Bertz CT molecular complexity index is 710. The van der Waals surface area contributed by atoms with Gasteiger partial charge in [0.25, 0.3) is 0 Å². The van der Waals surface area contributed by atoms with E-state index in [0.29, 0.717) is 18.8 Å². The molecule has 0 saturated carbocycles. The van der Waals surface area contributed by atoms with Gasteiger partial charge in [0.1, 0.15) is 5.75 Å². The Hall–Kier alpha value is -2.21. The Labute approximate surface area is 145 Å². The Morgan fingerprint density at radius 3 is 2.36 bits per heavy atom. The minimum atomic E-state index is -4.30. The molecule has 0 aliphatic carbocycles. The molecule has 1 heterocycles. The first kappa shape index (κ1) is 17.6. The number of hydrogen-bond acceptors (Lipinski definition) is 3.